The second-order valence-corrected chi connectivity index (χ2v) is 9.28. The number of methoxy groups -OCH3 is 2. The number of halogens is 3. The number of hydrogen-bond donors (Lipinski definition) is 1. The summed E-state index contributed by atoms with van der Waals surface area (Å²) in [6.45, 7) is 4.74. The van der Waals surface area contributed by atoms with Crippen LogP contribution in [0.25, 0.3) is 5.69 Å². The molecule has 0 atom stereocenters. The first-order chi connectivity index (χ1) is 17.3. The number of nitrogens with zero attached hydrogens (tertiary/aromatic N) is 2. The molecule has 0 radical (unpaired) electrons. The SMILES string of the molecule is COc1ccc(C(C)(C)c2cnc(CNCc3c(F)cccc3Cl)n2-c2ccc(F)cc2)cc1OC. The van der Waals surface area contributed by atoms with Gasteiger partial charge in [0, 0.05) is 34.4 Å². The Morgan fingerprint density at radius 3 is 2.33 bits per heavy atom. The van der Waals surface area contributed by atoms with Crippen molar-refractivity contribution in [2.24, 2.45) is 0 Å². The standard InChI is InChI=1S/C28H28ClF2N3O2/c1-28(2,18-8-13-24(35-3)25(14-18)36-4)26-16-33-27(34(26)20-11-9-19(30)10-12-20)17-32-15-21-22(29)6-5-7-23(21)31/h5-14,16,32H,15,17H2,1-4H3. The van der Waals surface area contributed by atoms with E-state index in [9.17, 15) is 8.78 Å². The molecule has 0 amide bonds. The summed E-state index contributed by atoms with van der Waals surface area (Å²) in [5.41, 5.74) is 2.53. The second-order valence-electron chi connectivity index (χ2n) is 8.87. The molecule has 0 aliphatic carbocycles. The van der Waals surface area contributed by atoms with Gasteiger partial charge >= 0.3 is 0 Å². The Balaban J connectivity index is 1.72. The number of aromatic nitrogens is 2. The largest absolute Gasteiger partial charge is 0.493 e. The van der Waals surface area contributed by atoms with Crippen LogP contribution in [0.1, 0.15) is 36.5 Å². The van der Waals surface area contributed by atoms with Gasteiger partial charge in [0.25, 0.3) is 0 Å². The normalized spacial score (nSPS) is 11.5. The molecule has 4 rings (SSSR count). The lowest BCUT2D eigenvalue weighted by Crippen LogP contribution is -2.25. The minimum absolute atomic E-state index is 0.232. The Kier molecular flexibility index (Phi) is 7.62. The molecular formula is C28H28ClF2N3O2. The fourth-order valence-corrected chi connectivity index (χ4v) is 4.44. The molecule has 0 bridgehead atoms. The van der Waals surface area contributed by atoms with Gasteiger partial charge < -0.3 is 14.8 Å². The highest BCUT2D eigenvalue weighted by atomic mass is 35.5. The summed E-state index contributed by atoms with van der Waals surface area (Å²) >= 11 is 6.18. The van der Waals surface area contributed by atoms with Crippen molar-refractivity contribution in [3.63, 3.8) is 0 Å². The smallest absolute Gasteiger partial charge is 0.161 e. The van der Waals surface area contributed by atoms with Crippen molar-refractivity contribution in [1.29, 1.82) is 0 Å². The molecule has 3 aromatic carbocycles. The molecule has 0 saturated heterocycles. The Labute approximate surface area is 214 Å². The van der Waals surface area contributed by atoms with Gasteiger partial charge in [-0.15, -0.1) is 0 Å². The zero-order valence-corrected chi connectivity index (χ0v) is 21.4. The predicted octanol–water partition coefficient (Wildman–Crippen LogP) is 6.44. The molecule has 0 spiro atoms. The van der Waals surface area contributed by atoms with E-state index in [1.807, 2.05) is 29.0 Å². The summed E-state index contributed by atoms with van der Waals surface area (Å²) in [6.07, 6.45) is 1.81. The molecule has 8 heteroatoms. The summed E-state index contributed by atoms with van der Waals surface area (Å²) in [5.74, 6) is 1.26. The first-order valence-corrected chi connectivity index (χ1v) is 11.8. The highest BCUT2D eigenvalue weighted by molar-refractivity contribution is 6.31. The molecule has 188 valence electrons. The van der Waals surface area contributed by atoms with Crippen LogP contribution in [0.4, 0.5) is 8.78 Å². The Morgan fingerprint density at radius 1 is 0.944 bits per heavy atom. The van der Waals surface area contributed by atoms with Gasteiger partial charge in [0.1, 0.15) is 17.5 Å². The quantitative estimate of drug-likeness (QED) is 0.281. The molecule has 0 fully saturated rings. The summed E-state index contributed by atoms with van der Waals surface area (Å²) in [5, 5.41) is 3.60. The van der Waals surface area contributed by atoms with Gasteiger partial charge in [-0.1, -0.05) is 37.6 Å². The summed E-state index contributed by atoms with van der Waals surface area (Å²) in [6, 6.07) is 16.7. The van der Waals surface area contributed by atoms with Crippen LogP contribution in [-0.2, 0) is 18.5 Å². The number of nitrogens with one attached hydrogen (secondary N) is 1. The minimum atomic E-state index is -0.506. The van der Waals surface area contributed by atoms with Crippen LogP contribution < -0.4 is 14.8 Å². The molecule has 0 saturated carbocycles. The average Bonchev–Trinajstić information content (AvgIpc) is 3.30. The Morgan fingerprint density at radius 2 is 1.67 bits per heavy atom. The van der Waals surface area contributed by atoms with Crippen molar-refractivity contribution in [2.45, 2.75) is 32.4 Å². The van der Waals surface area contributed by atoms with E-state index in [4.69, 9.17) is 21.1 Å². The maximum atomic E-state index is 14.2. The fraction of sp³-hybridized carbons (Fsp3) is 0.250. The summed E-state index contributed by atoms with van der Waals surface area (Å²) in [4.78, 5) is 4.68. The summed E-state index contributed by atoms with van der Waals surface area (Å²) < 4.78 is 40.9. The van der Waals surface area contributed by atoms with Crippen LogP contribution in [0.5, 0.6) is 11.5 Å². The lowest BCUT2D eigenvalue weighted by atomic mass is 9.81. The van der Waals surface area contributed by atoms with E-state index in [0.29, 0.717) is 34.5 Å². The maximum Gasteiger partial charge on any atom is 0.161 e. The minimum Gasteiger partial charge on any atom is -0.493 e. The number of ether oxygens (including phenoxy) is 2. The molecule has 0 unspecified atom stereocenters. The van der Waals surface area contributed by atoms with E-state index in [0.717, 1.165) is 16.9 Å². The molecule has 36 heavy (non-hydrogen) atoms. The van der Waals surface area contributed by atoms with Crippen LogP contribution in [-0.4, -0.2) is 23.8 Å². The molecule has 0 aliphatic heterocycles. The average molecular weight is 512 g/mol. The van der Waals surface area contributed by atoms with E-state index in [-0.39, 0.29) is 18.2 Å². The van der Waals surface area contributed by atoms with Gasteiger partial charge in [0.05, 0.1) is 26.5 Å². The van der Waals surface area contributed by atoms with Gasteiger partial charge in [-0.25, -0.2) is 13.8 Å². The van der Waals surface area contributed by atoms with Crippen molar-refractivity contribution < 1.29 is 18.3 Å². The third-order valence-corrected chi connectivity index (χ3v) is 6.67. The van der Waals surface area contributed by atoms with Gasteiger partial charge in [-0.05, 0) is 54.1 Å². The van der Waals surface area contributed by atoms with Gasteiger partial charge in [0.15, 0.2) is 11.5 Å². The van der Waals surface area contributed by atoms with Crippen LogP contribution in [0, 0.1) is 11.6 Å². The first kappa shape index (κ1) is 25.7. The topological polar surface area (TPSA) is 48.3 Å². The molecule has 1 heterocycles. The van der Waals surface area contributed by atoms with Crippen LogP contribution >= 0.6 is 11.6 Å². The van der Waals surface area contributed by atoms with Crippen molar-refractivity contribution in [3.05, 3.63) is 106 Å². The number of imidazole rings is 1. The van der Waals surface area contributed by atoms with Crippen molar-refractivity contribution in [2.75, 3.05) is 14.2 Å². The zero-order valence-electron chi connectivity index (χ0n) is 20.6. The monoisotopic (exact) mass is 511 g/mol. The lowest BCUT2D eigenvalue weighted by molar-refractivity contribution is 0.353. The van der Waals surface area contributed by atoms with E-state index in [1.54, 1.807) is 38.5 Å². The molecular weight excluding hydrogens is 484 g/mol. The number of rotatable bonds is 9. The highest BCUT2D eigenvalue weighted by Crippen LogP contribution is 2.38. The van der Waals surface area contributed by atoms with Crippen molar-refractivity contribution >= 4 is 11.6 Å². The number of hydrogen-bond acceptors (Lipinski definition) is 4. The molecule has 4 aromatic rings. The molecule has 0 aliphatic rings. The molecule has 5 nitrogen and oxygen atoms in total. The third kappa shape index (κ3) is 5.08. The predicted molar refractivity (Wildman–Crippen MR) is 137 cm³/mol. The Hall–Kier alpha value is -3.42. The first-order valence-electron chi connectivity index (χ1n) is 11.5. The third-order valence-electron chi connectivity index (χ3n) is 6.31. The van der Waals surface area contributed by atoms with E-state index >= 15 is 0 Å². The fourth-order valence-electron chi connectivity index (χ4n) is 4.21. The van der Waals surface area contributed by atoms with E-state index in [2.05, 4.69) is 24.1 Å². The molecule has 1 aromatic heterocycles. The zero-order chi connectivity index (χ0) is 25.9. The molecule has 1 N–H and O–H groups in total. The van der Waals surface area contributed by atoms with Crippen LogP contribution in [0.2, 0.25) is 5.02 Å². The van der Waals surface area contributed by atoms with Gasteiger partial charge in [0.2, 0.25) is 0 Å². The van der Waals surface area contributed by atoms with Crippen molar-refractivity contribution in [1.82, 2.24) is 14.9 Å². The van der Waals surface area contributed by atoms with Gasteiger partial charge in [-0.2, -0.15) is 0 Å². The van der Waals surface area contributed by atoms with Crippen LogP contribution in [0.15, 0.2) is 66.9 Å². The van der Waals surface area contributed by atoms with E-state index in [1.165, 1.54) is 18.2 Å². The van der Waals surface area contributed by atoms with Crippen molar-refractivity contribution in [3.8, 4) is 17.2 Å². The highest BCUT2D eigenvalue weighted by Gasteiger charge is 2.30. The lowest BCUT2D eigenvalue weighted by Gasteiger charge is -2.28. The van der Waals surface area contributed by atoms with Gasteiger partial charge in [-0.3, -0.25) is 4.57 Å². The van der Waals surface area contributed by atoms with E-state index < -0.39 is 5.41 Å². The Bertz CT molecular complexity index is 1330. The summed E-state index contributed by atoms with van der Waals surface area (Å²) in [7, 11) is 3.20. The maximum absolute atomic E-state index is 14.2. The van der Waals surface area contributed by atoms with Crippen LogP contribution in [0.3, 0.4) is 0 Å². The second kappa shape index (κ2) is 10.7. The number of benzene rings is 3.